The van der Waals surface area contributed by atoms with Crippen molar-refractivity contribution in [3.63, 3.8) is 0 Å². The first kappa shape index (κ1) is 11.4. The van der Waals surface area contributed by atoms with Crippen LogP contribution >= 0.6 is 0 Å². The van der Waals surface area contributed by atoms with Crippen molar-refractivity contribution in [1.82, 2.24) is 4.90 Å². The Kier molecular flexibility index (Phi) is 4.00. The van der Waals surface area contributed by atoms with E-state index in [-0.39, 0.29) is 6.04 Å². The summed E-state index contributed by atoms with van der Waals surface area (Å²) in [6.45, 7) is 2.73. The molecule has 1 aliphatic carbocycles. The molecule has 0 bridgehead atoms. The first-order chi connectivity index (χ1) is 7.27. The molecule has 1 heterocycles. The van der Waals surface area contributed by atoms with Gasteiger partial charge in [-0.3, -0.25) is 0 Å². The first-order valence-corrected chi connectivity index (χ1v) is 6.31. The predicted molar refractivity (Wildman–Crippen MR) is 61.8 cm³/mol. The summed E-state index contributed by atoms with van der Waals surface area (Å²) in [6, 6.07) is 1.06. The maximum Gasteiger partial charge on any atom is 0.0621 e. The fraction of sp³-hybridized carbons (Fsp3) is 1.00. The average molecular weight is 212 g/mol. The molecule has 88 valence electrons. The molecule has 2 rings (SSSR count). The van der Waals surface area contributed by atoms with Crippen LogP contribution < -0.4 is 5.73 Å². The molecule has 2 atom stereocenters. The summed E-state index contributed by atoms with van der Waals surface area (Å²) in [5, 5.41) is 0. The van der Waals surface area contributed by atoms with Crippen molar-refractivity contribution in [2.24, 2.45) is 11.7 Å². The summed E-state index contributed by atoms with van der Waals surface area (Å²) < 4.78 is 5.41. The van der Waals surface area contributed by atoms with E-state index in [4.69, 9.17) is 10.5 Å². The van der Waals surface area contributed by atoms with E-state index in [1.807, 2.05) is 0 Å². The summed E-state index contributed by atoms with van der Waals surface area (Å²) in [6.07, 6.45) is 6.99. The molecule has 0 radical (unpaired) electrons. The minimum atomic E-state index is 0.260. The molecule has 0 aromatic heterocycles. The Morgan fingerprint density at radius 1 is 1.20 bits per heavy atom. The topological polar surface area (TPSA) is 38.5 Å². The molecule has 2 aliphatic rings. The van der Waals surface area contributed by atoms with Gasteiger partial charge in [-0.15, -0.1) is 0 Å². The van der Waals surface area contributed by atoms with Crippen molar-refractivity contribution in [2.75, 3.05) is 26.8 Å². The maximum absolute atomic E-state index is 6.01. The monoisotopic (exact) mass is 212 g/mol. The quantitative estimate of drug-likeness (QED) is 0.764. The van der Waals surface area contributed by atoms with Gasteiger partial charge in [0.2, 0.25) is 0 Å². The van der Waals surface area contributed by atoms with Crippen LogP contribution in [0.4, 0.5) is 0 Å². The second kappa shape index (κ2) is 5.28. The van der Waals surface area contributed by atoms with Crippen LogP contribution in [-0.2, 0) is 4.74 Å². The highest BCUT2D eigenvalue weighted by Gasteiger charge is 2.28. The van der Waals surface area contributed by atoms with Crippen molar-refractivity contribution in [3.8, 4) is 0 Å². The molecule has 3 heteroatoms. The minimum absolute atomic E-state index is 0.260. The summed E-state index contributed by atoms with van der Waals surface area (Å²) in [5.74, 6) is 0.553. The molecular weight excluding hydrogens is 188 g/mol. The highest BCUT2D eigenvalue weighted by atomic mass is 16.5. The lowest BCUT2D eigenvalue weighted by atomic mass is 9.93. The Bertz CT molecular complexity index is 192. The van der Waals surface area contributed by atoms with E-state index in [9.17, 15) is 0 Å². The third kappa shape index (κ3) is 2.92. The zero-order valence-corrected chi connectivity index (χ0v) is 9.82. The van der Waals surface area contributed by atoms with Gasteiger partial charge in [-0.25, -0.2) is 0 Å². The molecule has 0 aromatic rings. The molecule has 0 amide bonds. The van der Waals surface area contributed by atoms with Gasteiger partial charge in [0.25, 0.3) is 0 Å². The molecule has 2 N–H and O–H groups in total. The van der Waals surface area contributed by atoms with Crippen molar-refractivity contribution in [2.45, 2.75) is 44.2 Å². The van der Waals surface area contributed by atoms with Gasteiger partial charge in [0, 0.05) is 24.5 Å². The Balaban J connectivity index is 1.77. The fourth-order valence-corrected chi connectivity index (χ4v) is 2.84. The lowest BCUT2D eigenvalue weighted by Crippen LogP contribution is -2.42. The SMILES string of the molecule is CN(CC1COCC1N)C1CCCCC1. The van der Waals surface area contributed by atoms with Crippen molar-refractivity contribution >= 4 is 0 Å². The molecule has 1 aliphatic heterocycles. The summed E-state index contributed by atoms with van der Waals surface area (Å²) in [4.78, 5) is 2.51. The van der Waals surface area contributed by atoms with E-state index < -0.39 is 0 Å². The van der Waals surface area contributed by atoms with Crippen LogP contribution in [0.25, 0.3) is 0 Å². The first-order valence-electron chi connectivity index (χ1n) is 6.31. The standard InChI is InChI=1S/C12H24N2O/c1-14(11-5-3-2-4-6-11)7-10-8-15-9-12(10)13/h10-12H,2-9,13H2,1H3. The molecule has 3 nitrogen and oxygen atoms in total. The second-order valence-corrected chi connectivity index (χ2v) is 5.19. The summed E-state index contributed by atoms with van der Waals surface area (Å²) >= 11 is 0. The van der Waals surface area contributed by atoms with Gasteiger partial charge < -0.3 is 15.4 Å². The Morgan fingerprint density at radius 2 is 1.93 bits per heavy atom. The third-order valence-corrected chi connectivity index (χ3v) is 3.97. The van der Waals surface area contributed by atoms with Gasteiger partial charge >= 0.3 is 0 Å². The van der Waals surface area contributed by atoms with Gasteiger partial charge in [-0.05, 0) is 19.9 Å². The molecule has 1 saturated carbocycles. The highest BCUT2D eigenvalue weighted by molar-refractivity contribution is 4.83. The van der Waals surface area contributed by atoms with Crippen LogP contribution in [0.2, 0.25) is 0 Å². The predicted octanol–water partition coefficient (Wildman–Crippen LogP) is 1.22. The Morgan fingerprint density at radius 3 is 2.53 bits per heavy atom. The Hall–Kier alpha value is -0.120. The van der Waals surface area contributed by atoms with Crippen LogP contribution in [0.15, 0.2) is 0 Å². The van der Waals surface area contributed by atoms with Gasteiger partial charge in [0.1, 0.15) is 0 Å². The van der Waals surface area contributed by atoms with E-state index in [1.165, 1.54) is 32.1 Å². The molecule has 2 unspecified atom stereocenters. The number of nitrogens with two attached hydrogens (primary N) is 1. The number of hydrogen-bond donors (Lipinski definition) is 1. The zero-order valence-electron chi connectivity index (χ0n) is 9.82. The number of nitrogens with zero attached hydrogens (tertiary/aromatic N) is 1. The van der Waals surface area contributed by atoms with E-state index in [0.29, 0.717) is 5.92 Å². The summed E-state index contributed by atoms with van der Waals surface area (Å²) in [7, 11) is 2.25. The second-order valence-electron chi connectivity index (χ2n) is 5.19. The smallest absolute Gasteiger partial charge is 0.0621 e. The number of ether oxygens (including phenoxy) is 1. The lowest BCUT2D eigenvalue weighted by Gasteiger charge is -2.33. The molecule has 15 heavy (non-hydrogen) atoms. The van der Waals surface area contributed by atoms with Gasteiger partial charge in [-0.2, -0.15) is 0 Å². The maximum atomic E-state index is 6.01. The average Bonchev–Trinajstić information content (AvgIpc) is 2.66. The van der Waals surface area contributed by atoms with Crippen LogP contribution in [0, 0.1) is 5.92 Å². The van der Waals surface area contributed by atoms with Gasteiger partial charge in [0.05, 0.1) is 13.2 Å². The highest BCUT2D eigenvalue weighted by Crippen LogP contribution is 2.23. The fourth-order valence-electron chi connectivity index (χ4n) is 2.84. The largest absolute Gasteiger partial charge is 0.379 e. The van der Waals surface area contributed by atoms with Gasteiger partial charge in [0.15, 0.2) is 0 Å². The van der Waals surface area contributed by atoms with Crippen LogP contribution in [0.1, 0.15) is 32.1 Å². The lowest BCUT2D eigenvalue weighted by molar-refractivity contribution is 0.144. The van der Waals surface area contributed by atoms with Crippen LogP contribution in [0.5, 0.6) is 0 Å². The van der Waals surface area contributed by atoms with Gasteiger partial charge in [-0.1, -0.05) is 19.3 Å². The normalized spacial score (nSPS) is 33.8. The van der Waals surface area contributed by atoms with E-state index in [0.717, 1.165) is 25.8 Å². The van der Waals surface area contributed by atoms with E-state index in [2.05, 4.69) is 11.9 Å². The van der Waals surface area contributed by atoms with Crippen molar-refractivity contribution in [1.29, 1.82) is 0 Å². The molecule has 0 aromatic carbocycles. The Labute approximate surface area is 93.0 Å². The number of hydrogen-bond acceptors (Lipinski definition) is 3. The minimum Gasteiger partial charge on any atom is -0.379 e. The zero-order chi connectivity index (χ0) is 10.7. The third-order valence-electron chi connectivity index (χ3n) is 3.97. The van der Waals surface area contributed by atoms with Crippen molar-refractivity contribution < 1.29 is 4.74 Å². The van der Waals surface area contributed by atoms with Crippen molar-refractivity contribution in [3.05, 3.63) is 0 Å². The summed E-state index contributed by atoms with van der Waals surface area (Å²) in [5.41, 5.74) is 6.01. The molecular formula is C12H24N2O. The molecule has 2 fully saturated rings. The molecule has 0 spiro atoms. The van der Waals surface area contributed by atoms with E-state index in [1.54, 1.807) is 0 Å². The van der Waals surface area contributed by atoms with E-state index >= 15 is 0 Å². The van der Waals surface area contributed by atoms with Crippen LogP contribution in [0.3, 0.4) is 0 Å². The number of rotatable bonds is 3. The van der Waals surface area contributed by atoms with Crippen LogP contribution in [-0.4, -0.2) is 43.8 Å². The molecule has 1 saturated heterocycles.